The number of aryl methyl sites for hydroxylation is 1. The van der Waals surface area contributed by atoms with Crippen LogP contribution in [-0.2, 0) is 11.3 Å². The molecular weight excluding hydrogens is 250 g/mol. The molecule has 0 spiro atoms. The van der Waals surface area contributed by atoms with Gasteiger partial charge in [0.05, 0.1) is 20.3 Å². The minimum atomic E-state index is 0.604. The van der Waals surface area contributed by atoms with Gasteiger partial charge in [0.2, 0.25) is 0 Å². The SMILES string of the molecule is COc1cccc(COCCNc2cccc(C)c2)c1. The number of rotatable bonds is 7. The van der Waals surface area contributed by atoms with Crippen LogP contribution < -0.4 is 10.1 Å². The topological polar surface area (TPSA) is 30.5 Å². The van der Waals surface area contributed by atoms with Crippen molar-refractivity contribution in [2.45, 2.75) is 13.5 Å². The molecule has 0 radical (unpaired) electrons. The summed E-state index contributed by atoms with van der Waals surface area (Å²) < 4.78 is 10.8. The highest BCUT2D eigenvalue weighted by Gasteiger charge is 1.97. The monoisotopic (exact) mass is 271 g/mol. The van der Waals surface area contributed by atoms with Gasteiger partial charge in [-0.25, -0.2) is 0 Å². The second-order valence-electron chi connectivity index (χ2n) is 4.70. The first-order valence-corrected chi connectivity index (χ1v) is 6.79. The summed E-state index contributed by atoms with van der Waals surface area (Å²) in [5, 5.41) is 3.34. The zero-order valence-electron chi connectivity index (χ0n) is 12.1. The molecule has 2 rings (SSSR count). The molecule has 106 valence electrons. The molecule has 0 atom stereocenters. The molecule has 0 bridgehead atoms. The van der Waals surface area contributed by atoms with Crippen molar-refractivity contribution in [1.82, 2.24) is 0 Å². The van der Waals surface area contributed by atoms with Gasteiger partial charge < -0.3 is 14.8 Å². The maximum Gasteiger partial charge on any atom is 0.119 e. The number of hydrogen-bond acceptors (Lipinski definition) is 3. The molecular formula is C17H21NO2. The van der Waals surface area contributed by atoms with Crippen molar-refractivity contribution in [2.24, 2.45) is 0 Å². The third-order valence-electron chi connectivity index (χ3n) is 3.00. The first-order chi connectivity index (χ1) is 9.78. The Morgan fingerprint density at radius 3 is 2.70 bits per heavy atom. The fourth-order valence-corrected chi connectivity index (χ4v) is 1.97. The van der Waals surface area contributed by atoms with Crippen LogP contribution in [0.25, 0.3) is 0 Å². The van der Waals surface area contributed by atoms with Crippen LogP contribution in [0.1, 0.15) is 11.1 Å². The van der Waals surface area contributed by atoms with Crippen molar-refractivity contribution < 1.29 is 9.47 Å². The van der Waals surface area contributed by atoms with Crippen LogP contribution in [0.4, 0.5) is 5.69 Å². The Labute approximate surface area is 120 Å². The molecule has 0 aliphatic carbocycles. The highest BCUT2D eigenvalue weighted by atomic mass is 16.5. The van der Waals surface area contributed by atoms with E-state index in [-0.39, 0.29) is 0 Å². The Morgan fingerprint density at radius 2 is 1.90 bits per heavy atom. The first kappa shape index (κ1) is 14.4. The van der Waals surface area contributed by atoms with Crippen LogP contribution in [0.3, 0.4) is 0 Å². The van der Waals surface area contributed by atoms with Crippen LogP contribution in [-0.4, -0.2) is 20.3 Å². The van der Waals surface area contributed by atoms with Gasteiger partial charge in [-0.1, -0.05) is 24.3 Å². The summed E-state index contributed by atoms with van der Waals surface area (Å²) in [5.74, 6) is 0.865. The number of methoxy groups -OCH3 is 1. The predicted molar refractivity (Wildman–Crippen MR) is 82.3 cm³/mol. The molecule has 0 saturated heterocycles. The number of nitrogens with one attached hydrogen (secondary N) is 1. The average molecular weight is 271 g/mol. The normalized spacial score (nSPS) is 10.3. The molecule has 2 aromatic carbocycles. The third kappa shape index (κ3) is 4.59. The maximum absolute atomic E-state index is 5.65. The lowest BCUT2D eigenvalue weighted by atomic mass is 10.2. The van der Waals surface area contributed by atoms with E-state index >= 15 is 0 Å². The Balaban J connectivity index is 1.68. The summed E-state index contributed by atoms with van der Waals surface area (Å²) in [5.41, 5.74) is 3.52. The standard InChI is InChI=1S/C17H21NO2/c1-14-5-3-7-16(11-14)18-9-10-20-13-15-6-4-8-17(12-15)19-2/h3-8,11-12,18H,9-10,13H2,1-2H3. The van der Waals surface area contributed by atoms with Gasteiger partial charge in [0.1, 0.15) is 5.75 Å². The van der Waals surface area contributed by atoms with Crippen LogP contribution in [0.15, 0.2) is 48.5 Å². The molecule has 3 heteroatoms. The van der Waals surface area contributed by atoms with Gasteiger partial charge in [0.25, 0.3) is 0 Å². The molecule has 20 heavy (non-hydrogen) atoms. The zero-order valence-corrected chi connectivity index (χ0v) is 12.1. The number of ether oxygens (including phenoxy) is 2. The van der Waals surface area contributed by atoms with E-state index in [9.17, 15) is 0 Å². The van der Waals surface area contributed by atoms with Crippen molar-refractivity contribution in [3.8, 4) is 5.75 Å². The van der Waals surface area contributed by atoms with Gasteiger partial charge in [-0.15, -0.1) is 0 Å². The van der Waals surface area contributed by atoms with Crippen molar-refractivity contribution in [1.29, 1.82) is 0 Å². The fourth-order valence-electron chi connectivity index (χ4n) is 1.97. The van der Waals surface area contributed by atoms with Crippen molar-refractivity contribution in [3.05, 3.63) is 59.7 Å². The first-order valence-electron chi connectivity index (χ1n) is 6.79. The molecule has 0 aliphatic rings. The van der Waals surface area contributed by atoms with Crippen molar-refractivity contribution >= 4 is 5.69 Å². The smallest absolute Gasteiger partial charge is 0.119 e. The van der Waals surface area contributed by atoms with E-state index in [1.54, 1.807) is 7.11 Å². The van der Waals surface area contributed by atoms with E-state index in [0.29, 0.717) is 13.2 Å². The van der Waals surface area contributed by atoms with Gasteiger partial charge >= 0.3 is 0 Å². The molecule has 0 amide bonds. The molecule has 0 saturated carbocycles. The number of benzene rings is 2. The molecule has 2 aromatic rings. The minimum absolute atomic E-state index is 0.604. The summed E-state index contributed by atoms with van der Waals surface area (Å²) >= 11 is 0. The average Bonchev–Trinajstić information content (AvgIpc) is 2.47. The van der Waals surface area contributed by atoms with Gasteiger partial charge in [-0.3, -0.25) is 0 Å². The molecule has 0 aliphatic heterocycles. The molecule has 0 heterocycles. The number of hydrogen-bond donors (Lipinski definition) is 1. The van der Waals surface area contributed by atoms with Gasteiger partial charge in [0.15, 0.2) is 0 Å². The number of anilines is 1. The lowest BCUT2D eigenvalue weighted by Crippen LogP contribution is -2.09. The second-order valence-corrected chi connectivity index (χ2v) is 4.70. The van der Waals surface area contributed by atoms with E-state index in [4.69, 9.17) is 9.47 Å². The molecule has 1 N–H and O–H groups in total. The molecule has 0 aromatic heterocycles. The highest BCUT2D eigenvalue weighted by molar-refractivity contribution is 5.45. The summed E-state index contributed by atoms with van der Waals surface area (Å²) in [4.78, 5) is 0. The summed E-state index contributed by atoms with van der Waals surface area (Å²) in [7, 11) is 1.67. The quantitative estimate of drug-likeness (QED) is 0.780. The summed E-state index contributed by atoms with van der Waals surface area (Å²) in [6.45, 7) is 4.16. The van der Waals surface area contributed by atoms with E-state index in [1.165, 1.54) is 5.56 Å². The molecule has 0 unspecified atom stereocenters. The van der Waals surface area contributed by atoms with Crippen LogP contribution in [0.5, 0.6) is 5.75 Å². The van der Waals surface area contributed by atoms with Crippen molar-refractivity contribution in [3.63, 3.8) is 0 Å². The Bertz CT molecular complexity index is 540. The highest BCUT2D eigenvalue weighted by Crippen LogP contribution is 2.13. The molecule has 0 fully saturated rings. The van der Waals surface area contributed by atoms with E-state index < -0.39 is 0 Å². The lowest BCUT2D eigenvalue weighted by molar-refractivity contribution is 0.130. The van der Waals surface area contributed by atoms with E-state index in [2.05, 4.69) is 36.5 Å². The van der Waals surface area contributed by atoms with Crippen LogP contribution in [0, 0.1) is 6.92 Å². The largest absolute Gasteiger partial charge is 0.497 e. The van der Waals surface area contributed by atoms with Crippen molar-refractivity contribution in [2.75, 3.05) is 25.6 Å². The van der Waals surface area contributed by atoms with Gasteiger partial charge in [-0.2, -0.15) is 0 Å². The van der Waals surface area contributed by atoms with Gasteiger partial charge in [-0.05, 0) is 42.3 Å². The van der Waals surface area contributed by atoms with Crippen LogP contribution in [0.2, 0.25) is 0 Å². The zero-order chi connectivity index (χ0) is 14.2. The van der Waals surface area contributed by atoms with E-state index in [1.807, 2.05) is 24.3 Å². The Kier molecular flexibility index (Phi) is 5.44. The fraction of sp³-hybridized carbons (Fsp3) is 0.294. The second kappa shape index (κ2) is 7.56. The summed E-state index contributed by atoms with van der Waals surface area (Å²) in [6.07, 6.45) is 0. The Hall–Kier alpha value is -2.00. The third-order valence-corrected chi connectivity index (χ3v) is 3.00. The lowest BCUT2D eigenvalue weighted by Gasteiger charge is -2.08. The maximum atomic E-state index is 5.65. The van der Waals surface area contributed by atoms with Gasteiger partial charge in [0, 0.05) is 12.2 Å². The van der Waals surface area contributed by atoms with E-state index in [0.717, 1.165) is 23.5 Å². The van der Waals surface area contributed by atoms with Crippen LogP contribution >= 0.6 is 0 Å². The molecule has 3 nitrogen and oxygen atoms in total. The minimum Gasteiger partial charge on any atom is -0.497 e. The summed E-state index contributed by atoms with van der Waals surface area (Å²) in [6, 6.07) is 16.3. The predicted octanol–water partition coefficient (Wildman–Crippen LogP) is 3.63. The Morgan fingerprint density at radius 1 is 1.05 bits per heavy atom.